The average Bonchev–Trinajstić information content (AvgIpc) is 3.06. The summed E-state index contributed by atoms with van der Waals surface area (Å²) in [6.45, 7) is 3.79. The van der Waals surface area contributed by atoms with Crippen LogP contribution in [0.15, 0.2) is 53.7 Å². The van der Waals surface area contributed by atoms with Gasteiger partial charge in [0, 0.05) is 16.3 Å². The third kappa shape index (κ3) is 4.41. The smallest absolute Gasteiger partial charge is 0.237 e. The van der Waals surface area contributed by atoms with Crippen molar-refractivity contribution < 1.29 is 4.79 Å². The van der Waals surface area contributed by atoms with Crippen molar-refractivity contribution in [1.29, 1.82) is 0 Å². The Labute approximate surface area is 155 Å². The van der Waals surface area contributed by atoms with E-state index in [1.54, 1.807) is 12.1 Å². The second-order valence-corrected chi connectivity index (χ2v) is 7.28. The summed E-state index contributed by atoms with van der Waals surface area (Å²) in [6, 6.07) is 15.0. The van der Waals surface area contributed by atoms with E-state index in [0.29, 0.717) is 16.0 Å². The van der Waals surface area contributed by atoms with E-state index in [9.17, 15) is 4.79 Å². The number of aromatic amines is 1. The van der Waals surface area contributed by atoms with Crippen LogP contribution in [-0.2, 0) is 4.79 Å². The van der Waals surface area contributed by atoms with E-state index in [4.69, 9.17) is 11.6 Å². The highest BCUT2D eigenvalue weighted by Gasteiger charge is 2.18. The molecule has 1 atom stereocenters. The molecule has 0 fully saturated rings. The molecule has 1 amide bonds. The third-order valence-electron chi connectivity index (χ3n) is 3.64. The maximum atomic E-state index is 12.4. The molecule has 0 aliphatic rings. The number of halogens is 1. The number of hydrogen-bond donors (Lipinski definition) is 2. The highest BCUT2D eigenvalue weighted by Crippen LogP contribution is 2.24. The van der Waals surface area contributed by atoms with Gasteiger partial charge in [-0.15, -0.1) is 5.10 Å². The second kappa shape index (κ2) is 7.72. The molecule has 2 N–H and O–H groups in total. The number of aromatic nitrogens is 3. The molecule has 0 saturated heterocycles. The highest BCUT2D eigenvalue weighted by molar-refractivity contribution is 8.00. The van der Waals surface area contributed by atoms with Crippen LogP contribution < -0.4 is 5.32 Å². The van der Waals surface area contributed by atoms with Crippen LogP contribution >= 0.6 is 23.4 Å². The molecule has 1 aromatic heterocycles. The molecule has 25 heavy (non-hydrogen) atoms. The third-order valence-corrected chi connectivity index (χ3v) is 4.85. The summed E-state index contributed by atoms with van der Waals surface area (Å²) < 4.78 is 0. The summed E-state index contributed by atoms with van der Waals surface area (Å²) in [6.07, 6.45) is 0. The SMILES string of the molecule is Cc1ccccc1NC(=O)[C@H](C)Sc1n[nH]c(-c2ccc(Cl)cc2)n1. The second-order valence-electron chi connectivity index (χ2n) is 5.54. The number of anilines is 1. The summed E-state index contributed by atoms with van der Waals surface area (Å²) in [5.74, 6) is 0.558. The van der Waals surface area contributed by atoms with Crippen molar-refractivity contribution in [3.8, 4) is 11.4 Å². The molecule has 5 nitrogen and oxygen atoms in total. The van der Waals surface area contributed by atoms with Gasteiger partial charge in [0.1, 0.15) is 0 Å². The van der Waals surface area contributed by atoms with Crippen LogP contribution in [-0.4, -0.2) is 26.3 Å². The molecule has 128 valence electrons. The Kier molecular flexibility index (Phi) is 5.40. The quantitative estimate of drug-likeness (QED) is 0.644. The summed E-state index contributed by atoms with van der Waals surface area (Å²) >= 11 is 7.19. The highest BCUT2D eigenvalue weighted by atomic mass is 35.5. The van der Waals surface area contributed by atoms with Gasteiger partial charge in [-0.1, -0.05) is 41.6 Å². The van der Waals surface area contributed by atoms with Gasteiger partial charge in [0.15, 0.2) is 5.82 Å². The molecule has 3 aromatic rings. The minimum Gasteiger partial charge on any atom is -0.325 e. The molecular weight excluding hydrogens is 356 g/mol. The Hall–Kier alpha value is -2.31. The number of H-pyrrole nitrogens is 1. The van der Waals surface area contributed by atoms with Crippen molar-refractivity contribution in [1.82, 2.24) is 15.2 Å². The lowest BCUT2D eigenvalue weighted by molar-refractivity contribution is -0.115. The number of benzene rings is 2. The fourth-order valence-electron chi connectivity index (χ4n) is 2.20. The van der Waals surface area contributed by atoms with Crippen molar-refractivity contribution in [3.63, 3.8) is 0 Å². The number of nitrogens with zero attached hydrogens (tertiary/aromatic N) is 2. The number of para-hydroxylation sites is 1. The monoisotopic (exact) mass is 372 g/mol. The zero-order valence-corrected chi connectivity index (χ0v) is 15.4. The Balaban J connectivity index is 1.65. The van der Waals surface area contributed by atoms with Crippen LogP contribution in [0.3, 0.4) is 0 Å². The van der Waals surface area contributed by atoms with Gasteiger partial charge in [-0.25, -0.2) is 4.98 Å². The minimum absolute atomic E-state index is 0.0860. The van der Waals surface area contributed by atoms with Gasteiger partial charge < -0.3 is 5.32 Å². The number of carbonyl (C=O) groups is 1. The van der Waals surface area contributed by atoms with Crippen molar-refractivity contribution >= 4 is 35.0 Å². The standard InChI is InChI=1S/C18H17ClN4OS/c1-11-5-3-4-6-15(11)20-17(24)12(2)25-18-21-16(22-23-18)13-7-9-14(19)10-8-13/h3-10,12H,1-2H3,(H,20,24)(H,21,22,23)/t12-/m0/s1. The molecule has 1 heterocycles. The molecule has 0 saturated carbocycles. The van der Waals surface area contributed by atoms with Gasteiger partial charge in [0.25, 0.3) is 0 Å². The summed E-state index contributed by atoms with van der Waals surface area (Å²) in [4.78, 5) is 16.8. The van der Waals surface area contributed by atoms with Crippen LogP contribution in [0.5, 0.6) is 0 Å². The number of amides is 1. The van der Waals surface area contributed by atoms with Crippen LogP contribution in [0.4, 0.5) is 5.69 Å². The number of aryl methyl sites for hydroxylation is 1. The van der Waals surface area contributed by atoms with Gasteiger partial charge in [0.05, 0.1) is 5.25 Å². The van der Waals surface area contributed by atoms with Crippen molar-refractivity contribution in [2.24, 2.45) is 0 Å². The first-order valence-corrected chi connectivity index (χ1v) is 9.00. The maximum Gasteiger partial charge on any atom is 0.237 e. The number of nitrogens with one attached hydrogen (secondary N) is 2. The minimum atomic E-state index is -0.325. The van der Waals surface area contributed by atoms with Gasteiger partial charge in [-0.05, 0) is 49.7 Å². The molecule has 0 bridgehead atoms. The summed E-state index contributed by atoms with van der Waals surface area (Å²) in [5, 5.41) is 10.9. The van der Waals surface area contributed by atoms with E-state index in [1.807, 2.05) is 50.2 Å². The van der Waals surface area contributed by atoms with Crippen molar-refractivity contribution in [2.75, 3.05) is 5.32 Å². The molecule has 0 aliphatic heterocycles. The number of hydrogen-bond acceptors (Lipinski definition) is 4. The lowest BCUT2D eigenvalue weighted by Gasteiger charge is -2.11. The van der Waals surface area contributed by atoms with Crippen LogP contribution in [0.25, 0.3) is 11.4 Å². The van der Waals surface area contributed by atoms with Gasteiger partial charge in [0.2, 0.25) is 11.1 Å². The van der Waals surface area contributed by atoms with Crippen molar-refractivity contribution in [3.05, 3.63) is 59.1 Å². The first kappa shape index (κ1) is 17.5. The summed E-state index contributed by atoms with van der Waals surface area (Å²) in [5.41, 5.74) is 2.73. The first-order chi connectivity index (χ1) is 12.0. The summed E-state index contributed by atoms with van der Waals surface area (Å²) in [7, 11) is 0. The molecular formula is C18H17ClN4OS. The lowest BCUT2D eigenvalue weighted by atomic mass is 10.2. The zero-order valence-electron chi connectivity index (χ0n) is 13.8. The Bertz CT molecular complexity index is 879. The number of rotatable bonds is 5. The van der Waals surface area contributed by atoms with Crippen molar-refractivity contribution in [2.45, 2.75) is 24.3 Å². The van der Waals surface area contributed by atoms with E-state index in [2.05, 4.69) is 20.5 Å². The predicted molar refractivity (Wildman–Crippen MR) is 102 cm³/mol. The maximum absolute atomic E-state index is 12.4. The molecule has 0 radical (unpaired) electrons. The number of thioether (sulfide) groups is 1. The zero-order chi connectivity index (χ0) is 17.8. The van der Waals surface area contributed by atoms with E-state index in [-0.39, 0.29) is 11.2 Å². The van der Waals surface area contributed by atoms with E-state index < -0.39 is 0 Å². The van der Waals surface area contributed by atoms with Gasteiger partial charge >= 0.3 is 0 Å². The van der Waals surface area contributed by atoms with Gasteiger partial charge in [-0.2, -0.15) is 0 Å². The van der Waals surface area contributed by atoms with E-state index >= 15 is 0 Å². The normalized spacial score (nSPS) is 12.0. The molecule has 0 aliphatic carbocycles. The van der Waals surface area contributed by atoms with E-state index in [0.717, 1.165) is 16.8 Å². The van der Waals surface area contributed by atoms with E-state index in [1.165, 1.54) is 11.8 Å². The topological polar surface area (TPSA) is 70.7 Å². The van der Waals surface area contributed by atoms with Crippen LogP contribution in [0.1, 0.15) is 12.5 Å². The molecule has 2 aromatic carbocycles. The number of carbonyl (C=O) groups excluding carboxylic acids is 1. The Morgan fingerprint density at radius 3 is 2.64 bits per heavy atom. The largest absolute Gasteiger partial charge is 0.325 e. The Morgan fingerprint density at radius 2 is 1.92 bits per heavy atom. The lowest BCUT2D eigenvalue weighted by Crippen LogP contribution is -2.22. The average molecular weight is 373 g/mol. The molecule has 3 rings (SSSR count). The van der Waals surface area contributed by atoms with Gasteiger partial charge in [-0.3, -0.25) is 9.89 Å². The fraction of sp³-hybridized carbons (Fsp3) is 0.167. The Morgan fingerprint density at radius 1 is 1.20 bits per heavy atom. The fourth-order valence-corrected chi connectivity index (χ4v) is 3.05. The van der Waals surface area contributed by atoms with Crippen LogP contribution in [0.2, 0.25) is 5.02 Å². The molecule has 0 spiro atoms. The molecule has 7 heteroatoms. The first-order valence-electron chi connectivity index (χ1n) is 7.74. The molecule has 0 unspecified atom stereocenters. The van der Waals surface area contributed by atoms with Crippen LogP contribution in [0, 0.1) is 6.92 Å². The predicted octanol–water partition coefficient (Wildman–Crippen LogP) is 4.55.